The summed E-state index contributed by atoms with van der Waals surface area (Å²) in [5.41, 5.74) is 3.29. The summed E-state index contributed by atoms with van der Waals surface area (Å²) < 4.78 is 11.2. The molecule has 0 spiro atoms. The van der Waals surface area contributed by atoms with Crippen LogP contribution in [0.5, 0.6) is 5.75 Å². The molecule has 5 unspecified atom stereocenters. The predicted octanol–water partition coefficient (Wildman–Crippen LogP) is 1.02. The smallest absolute Gasteiger partial charge is 0.229 e. The molecule has 1 aliphatic rings. The molecular weight excluding hydrogens is 348 g/mol. The summed E-state index contributed by atoms with van der Waals surface area (Å²) in [6, 6.07) is 15.7. The lowest BCUT2D eigenvalue weighted by molar-refractivity contribution is -0.277. The van der Waals surface area contributed by atoms with Crippen LogP contribution >= 0.6 is 0 Å². The van der Waals surface area contributed by atoms with Crippen molar-refractivity contribution in [1.29, 1.82) is 0 Å². The SMILES string of the molecule is CCc1ccc(Cc2ccccc2OC2OC(CO)C(O)C(O)C2O)cc1. The number of benzene rings is 2. The molecule has 146 valence electrons. The molecule has 0 bridgehead atoms. The average molecular weight is 374 g/mol. The molecule has 6 nitrogen and oxygen atoms in total. The van der Waals surface area contributed by atoms with Gasteiger partial charge in [-0.3, -0.25) is 0 Å². The average Bonchev–Trinajstić information content (AvgIpc) is 2.70. The van der Waals surface area contributed by atoms with E-state index in [2.05, 4.69) is 31.2 Å². The first-order valence-corrected chi connectivity index (χ1v) is 9.16. The fourth-order valence-corrected chi connectivity index (χ4v) is 3.17. The third kappa shape index (κ3) is 4.48. The van der Waals surface area contributed by atoms with Gasteiger partial charge in [0.15, 0.2) is 0 Å². The highest BCUT2D eigenvalue weighted by Crippen LogP contribution is 2.28. The number of ether oxygens (including phenoxy) is 2. The molecule has 5 atom stereocenters. The van der Waals surface area contributed by atoms with E-state index in [9.17, 15) is 20.4 Å². The molecular formula is C21H26O6. The molecule has 3 rings (SSSR count). The fraction of sp³-hybridized carbons (Fsp3) is 0.429. The van der Waals surface area contributed by atoms with Crippen molar-refractivity contribution in [2.45, 2.75) is 50.5 Å². The minimum Gasteiger partial charge on any atom is -0.462 e. The summed E-state index contributed by atoms with van der Waals surface area (Å²) in [4.78, 5) is 0. The monoisotopic (exact) mass is 374 g/mol. The van der Waals surface area contributed by atoms with Gasteiger partial charge in [-0.1, -0.05) is 49.4 Å². The number of aliphatic hydroxyl groups is 4. The first kappa shape index (κ1) is 19.8. The zero-order chi connectivity index (χ0) is 19.4. The van der Waals surface area contributed by atoms with E-state index in [1.165, 1.54) is 5.56 Å². The molecule has 1 aliphatic heterocycles. The Hall–Kier alpha value is -1.96. The first-order chi connectivity index (χ1) is 13.0. The normalized spacial score (nSPS) is 28.1. The molecule has 1 fully saturated rings. The van der Waals surface area contributed by atoms with Crippen molar-refractivity contribution in [1.82, 2.24) is 0 Å². The third-order valence-corrected chi connectivity index (χ3v) is 4.89. The van der Waals surface area contributed by atoms with Crippen molar-refractivity contribution in [3.63, 3.8) is 0 Å². The van der Waals surface area contributed by atoms with Gasteiger partial charge in [-0.2, -0.15) is 0 Å². The van der Waals surface area contributed by atoms with Gasteiger partial charge in [-0.15, -0.1) is 0 Å². The number of aliphatic hydroxyl groups excluding tert-OH is 4. The van der Waals surface area contributed by atoms with Crippen LogP contribution in [0.4, 0.5) is 0 Å². The molecule has 0 saturated carbocycles. The van der Waals surface area contributed by atoms with Crippen LogP contribution in [0, 0.1) is 0 Å². The van der Waals surface area contributed by atoms with Gasteiger partial charge in [0, 0.05) is 6.42 Å². The number of aryl methyl sites for hydroxylation is 1. The van der Waals surface area contributed by atoms with Crippen LogP contribution in [0.25, 0.3) is 0 Å². The Balaban J connectivity index is 1.77. The number of hydrogen-bond donors (Lipinski definition) is 4. The molecule has 1 heterocycles. The first-order valence-electron chi connectivity index (χ1n) is 9.16. The van der Waals surface area contributed by atoms with Gasteiger partial charge in [-0.05, 0) is 29.2 Å². The summed E-state index contributed by atoms with van der Waals surface area (Å²) in [5.74, 6) is 0.515. The zero-order valence-electron chi connectivity index (χ0n) is 15.2. The second-order valence-corrected chi connectivity index (χ2v) is 6.77. The highest BCUT2D eigenvalue weighted by Gasteiger charge is 2.44. The minimum absolute atomic E-state index is 0.490. The van der Waals surface area contributed by atoms with Gasteiger partial charge in [0.05, 0.1) is 6.61 Å². The van der Waals surface area contributed by atoms with Crippen LogP contribution in [0.15, 0.2) is 48.5 Å². The molecule has 1 saturated heterocycles. The lowest BCUT2D eigenvalue weighted by atomic mass is 9.99. The summed E-state index contributed by atoms with van der Waals surface area (Å²) >= 11 is 0. The Bertz CT molecular complexity index is 730. The van der Waals surface area contributed by atoms with Gasteiger partial charge in [0.25, 0.3) is 0 Å². The highest BCUT2D eigenvalue weighted by molar-refractivity contribution is 5.38. The second-order valence-electron chi connectivity index (χ2n) is 6.77. The van der Waals surface area contributed by atoms with Crippen molar-refractivity contribution in [3.05, 3.63) is 65.2 Å². The molecule has 0 amide bonds. The van der Waals surface area contributed by atoms with Gasteiger partial charge < -0.3 is 29.9 Å². The minimum atomic E-state index is -1.46. The van der Waals surface area contributed by atoms with E-state index < -0.39 is 37.3 Å². The maximum absolute atomic E-state index is 10.2. The summed E-state index contributed by atoms with van der Waals surface area (Å²) in [6.07, 6.45) is -4.87. The Kier molecular flexibility index (Phi) is 6.46. The van der Waals surface area contributed by atoms with Crippen molar-refractivity contribution in [2.24, 2.45) is 0 Å². The molecule has 0 aliphatic carbocycles. The van der Waals surface area contributed by atoms with Gasteiger partial charge in [0.2, 0.25) is 6.29 Å². The maximum atomic E-state index is 10.2. The number of para-hydroxylation sites is 1. The lowest BCUT2D eigenvalue weighted by Gasteiger charge is -2.39. The Labute approximate surface area is 158 Å². The largest absolute Gasteiger partial charge is 0.462 e. The van der Waals surface area contributed by atoms with Crippen LogP contribution in [0.2, 0.25) is 0 Å². The van der Waals surface area contributed by atoms with Crippen molar-refractivity contribution < 1.29 is 29.9 Å². The van der Waals surface area contributed by atoms with E-state index in [-0.39, 0.29) is 0 Å². The maximum Gasteiger partial charge on any atom is 0.229 e. The van der Waals surface area contributed by atoms with E-state index in [4.69, 9.17) is 9.47 Å². The van der Waals surface area contributed by atoms with Crippen LogP contribution in [-0.4, -0.2) is 57.7 Å². The number of rotatable bonds is 6. The van der Waals surface area contributed by atoms with Crippen molar-refractivity contribution in [2.75, 3.05) is 6.61 Å². The van der Waals surface area contributed by atoms with Gasteiger partial charge in [-0.25, -0.2) is 0 Å². The number of hydrogen-bond acceptors (Lipinski definition) is 6. The summed E-state index contributed by atoms with van der Waals surface area (Å²) in [6.45, 7) is 1.62. The Morgan fingerprint density at radius 2 is 1.56 bits per heavy atom. The second kappa shape index (κ2) is 8.82. The van der Waals surface area contributed by atoms with Gasteiger partial charge >= 0.3 is 0 Å². The van der Waals surface area contributed by atoms with E-state index in [1.54, 1.807) is 6.07 Å². The molecule has 4 N–H and O–H groups in total. The van der Waals surface area contributed by atoms with E-state index in [0.29, 0.717) is 12.2 Å². The van der Waals surface area contributed by atoms with Crippen LogP contribution in [0.3, 0.4) is 0 Å². The molecule has 0 radical (unpaired) electrons. The third-order valence-electron chi connectivity index (χ3n) is 4.89. The Morgan fingerprint density at radius 3 is 2.22 bits per heavy atom. The molecule has 27 heavy (non-hydrogen) atoms. The molecule has 0 aromatic heterocycles. The molecule has 6 heteroatoms. The predicted molar refractivity (Wildman–Crippen MR) is 99.5 cm³/mol. The highest BCUT2D eigenvalue weighted by atomic mass is 16.7. The topological polar surface area (TPSA) is 99.4 Å². The zero-order valence-corrected chi connectivity index (χ0v) is 15.2. The van der Waals surface area contributed by atoms with Gasteiger partial charge in [0.1, 0.15) is 30.2 Å². The van der Waals surface area contributed by atoms with Crippen LogP contribution in [0.1, 0.15) is 23.6 Å². The Morgan fingerprint density at radius 1 is 0.889 bits per heavy atom. The van der Waals surface area contributed by atoms with E-state index >= 15 is 0 Å². The lowest BCUT2D eigenvalue weighted by Crippen LogP contribution is -2.60. The van der Waals surface area contributed by atoms with Crippen LogP contribution in [-0.2, 0) is 17.6 Å². The van der Waals surface area contributed by atoms with Crippen molar-refractivity contribution in [3.8, 4) is 5.75 Å². The van der Waals surface area contributed by atoms with Crippen molar-refractivity contribution >= 4 is 0 Å². The fourth-order valence-electron chi connectivity index (χ4n) is 3.17. The standard InChI is InChI=1S/C21H26O6/c1-2-13-7-9-14(10-8-13)11-15-5-3-4-6-16(15)26-21-20(25)19(24)18(23)17(12-22)27-21/h3-10,17-25H,2,11-12H2,1H3. The van der Waals surface area contributed by atoms with E-state index in [1.807, 2.05) is 18.2 Å². The molecule has 2 aromatic rings. The quantitative estimate of drug-likeness (QED) is 0.603. The van der Waals surface area contributed by atoms with Crippen LogP contribution < -0.4 is 4.74 Å². The molecule has 2 aromatic carbocycles. The van der Waals surface area contributed by atoms with E-state index in [0.717, 1.165) is 17.5 Å². The summed E-state index contributed by atoms with van der Waals surface area (Å²) in [5, 5.41) is 39.3. The summed E-state index contributed by atoms with van der Waals surface area (Å²) in [7, 11) is 0.